The molecular formula is C30H32BrNO6S. The van der Waals surface area contributed by atoms with Gasteiger partial charge in [-0.05, 0) is 75.9 Å². The van der Waals surface area contributed by atoms with Crippen molar-refractivity contribution >= 4 is 50.8 Å². The van der Waals surface area contributed by atoms with Gasteiger partial charge in [0.05, 0.1) is 9.35 Å². The summed E-state index contributed by atoms with van der Waals surface area (Å²) in [6.45, 7) is 8.32. The molecule has 1 aliphatic rings. The van der Waals surface area contributed by atoms with Crippen molar-refractivity contribution in [3.05, 3.63) is 69.5 Å². The second-order valence-electron chi connectivity index (χ2n) is 11.5. The van der Waals surface area contributed by atoms with Gasteiger partial charge in [-0.25, -0.2) is 9.59 Å². The Hall–Kier alpha value is -3.17. The molecule has 1 fully saturated rings. The third-order valence-electron chi connectivity index (χ3n) is 6.87. The minimum Gasteiger partial charge on any atom is -0.479 e. The fourth-order valence-corrected chi connectivity index (χ4v) is 7.85. The number of hydrogen-bond donors (Lipinski definition) is 2. The number of thiophene rings is 1. The quantitative estimate of drug-likeness (QED) is 0.271. The van der Waals surface area contributed by atoms with E-state index in [0.717, 1.165) is 30.6 Å². The number of ether oxygens (including phenoxy) is 1. The van der Waals surface area contributed by atoms with Crippen LogP contribution in [0, 0.1) is 10.8 Å². The third-order valence-corrected chi connectivity index (χ3v) is 9.10. The van der Waals surface area contributed by atoms with Gasteiger partial charge in [0.25, 0.3) is 5.91 Å². The van der Waals surface area contributed by atoms with Gasteiger partial charge in [-0.15, -0.1) is 11.3 Å². The lowest BCUT2D eigenvalue weighted by Crippen LogP contribution is -2.49. The smallest absolute Gasteiger partial charge is 0.349 e. The van der Waals surface area contributed by atoms with Gasteiger partial charge in [-0.1, -0.05) is 58.0 Å². The van der Waals surface area contributed by atoms with Gasteiger partial charge >= 0.3 is 11.9 Å². The second-order valence-corrected chi connectivity index (χ2v) is 13.4. The monoisotopic (exact) mass is 613 g/mol. The largest absolute Gasteiger partial charge is 0.479 e. The molecule has 9 heteroatoms. The fraction of sp³-hybridized carbons (Fsp3) is 0.367. The SMILES string of the molecule is CC1(C)CC(N(C(=O)c2ccccc2)c2cccc(-c3sc(C(=O)O)c(OCC(=O)O)c3Br)c2)CC(C)(C)C1. The number of aliphatic carboxylic acids is 1. The maximum atomic E-state index is 14.0. The number of halogens is 1. The average Bonchev–Trinajstić information content (AvgIpc) is 3.18. The molecule has 0 saturated heterocycles. The molecule has 4 rings (SSSR count). The second kappa shape index (κ2) is 11.1. The fourth-order valence-electron chi connectivity index (χ4n) is 5.97. The number of carboxylic acid groups (broad SMARTS) is 2. The zero-order chi connectivity index (χ0) is 28.5. The number of carbonyl (C=O) groups is 3. The number of aromatic carboxylic acids is 1. The Labute approximate surface area is 240 Å². The molecule has 39 heavy (non-hydrogen) atoms. The van der Waals surface area contributed by atoms with E-state index in [2.05, 4.69) is 43.6 Å². The molecule has 1 saturated carbocycles. The zero-order valence-corrected chi connectivity index (χ0v) is 24.8. The lowest BCUT2D eigenvalue weighted by molar-refractivity contribution is -0.139. The van der Waals surface area contributed by atoms with Crippen LogP contribution in [0.15, 0.2) is 59.1 Å². The van der Waals surface area contributed by atoms with Crippen LogP contribution in [0.25, 0.3) is 10.4 Å². The molecule has 0 atom stereocenters. The van der Waals surface area contributed by atoms with Crippen LogP contribution in [0.4, 0.5) is 5.69 Å². The van der Waals surface area contributed by atoms with Gasteiger partial charge in [-0.3, -0.25) is 4.79 Å². The van der Waals surface area contributed by atoms with E-state index in [1.807, 2.05) is 59.5 Å². The van der Waals surface area contributed by atoms with Crippen LogP contribution < -0.4 is 9.64 Å². The van der Waals surface area contributed by atoms with E-state index >= 15 is 0 Å². The molecule has 2 N–H and O–H groups in total. The highest BCUT2D eigenvalue weighted by molar-refractivity contribution is 9.10. The highest BCUT2D eigenvalue weighted by Crippen LogP contribution is 2.49. The molecule has 7 nitrogen and oxygen atoms in total. The zero-order valence-electron chi connectivity index (χ0n) is 22.4. The highest BCUT2D eigenvalue weighted by Gasteiger charge is 2.42. The van der Waals surface area contributed by atoms with Gasteiger partial charge < -0.3 is 19.8 Å². The summed E-state index contributed by atoms with van der Waals surface area (Å²) in [4.78, 5) is 39.4. The number of rotatable bonds is 8. The number of anilines is 1. The summed E-state index contributed by atoms with van der Waals surface area (Å²) in [5.41, 5.74) is 2.09. The van der Waals surface area contributed by atoms with Gasteiger partial charge in [0, 0.05) is 17.3 Å². The maximum Gasteiger partial charge on any atom is 0.349 e. The molecule has 3 aromatic rings. The summed E-state index contributed by atoms with van der Waals surface area (Å²) in [5.74, 6) is -2.53. The Morgan fingerprint density at radius 3 is 2.23 bits per heavy atom. The molecule has 0 radical (unpaired) electrons. The lowest BCUT2D eigenvalue weighted by Gasteiger charge is -2.48. The van der Waals surface area contributed by atoms with Crippen molar-refractivity contribution in [3.63, 3.8) is 0 Å². The van der Waals surface area contributed by atoms with Crippen molar-refractivity contribution in [2.24, 2.45) is 10.8 Å². The Balaban J connectivity index is 1.81. The van der Waals surface area contributed by atoms with E-state index in [0.29, 0.717) is 26.2 Å². The van der Waals surface area contributed by atoms with E-state index in [4.69, 9.17) is 9.84 Å². The molecule has 1 aromatic heterocycles. The summed E-state index contributed by atoms with van der Waals surface area (Å²) in [5, 5.41) is 18.8. The molecule has 0 aliphatic heterocycles. The minimum atomic E-state index is -1.21. The number of nitrogens with zero attached hydrogens (tertiary/aromatic N) is 1. The summed E-state index contributed by atoms with van der Waals surface area (Å²) >= 11 is 4.43. The number of amides is 1. The highest BCUT2D eigenvalue weighted by atomic mass is 79.9. The molecule has 0 spiro atoms. The van der Waals surface area contributed by atoms with E-state index in [1.54, 1.807) is 0 Å². The third kappa shape index (κ3) is 6.53. The Morgan fingerprint density at radius 2 is 1.64 bits per heavy atom. The van der Waals surface area contributed by atoms with Crippen molar-refractivity contribution in [2.45, 2.75) is 53.0 Å². The number of hydrogen-bond acceptors (Lipinski definition) is 5. The maximum absolute atomic E-state index is 14.0. The van der Waals surface area contributed by atoms with Crippen molar-refractivity contribution in [1.82, 2.24) is 0 Å². The van der Waals surface area contributed by atoms with E-state index in [9.17, 15) is 19.5 Å². The molecule has 1 aliphatic carbocycles. The predicted molar refractivity (Wildman–Crippen MR) is 156 cm³/mol. The van der Waals surface area contributed by atoms with Crippen LogP contribution in [0.3, 0.4) is 0 Å². The first kappa shape index (κ1) is 28.8. The van der Waals surface area contributed by atoms with Crippen molar-refractivity contribution in [1.29, 1.82) is 0 Å². The van der Waals surface area contributed by atoms with Crippen LogP contribution in [0.5, 0.6) is 5.75 Å². The first-order valence-electron chi connectivity index (χ1n) is 12.7. The van der Waals surface area contributed by atoms with Gasteiger partial charge in [0.15, 0.2) is 17.2 Å². The van der Waals surface area contributed by atoms with E-state index in [1.165, 1.54) is 0 Å². The van der Waals surface area contributed by atoms with Crippen LogP contribution >= 0.6 is 27.3 Å². The van der Waals surface area contributed by atoms with Crippen molar-refractivity contribution in [2.75, 3.05) is 11.5 Å². The first-order chi connectivity index (χ1) is 18.3. The first-order valence-corrected chi connectivity index (χ1v) is 14.3. The molecule has 0 unspecified atom stereocenters. The summed E-state index contributed by atoms with van der Waals surface area (Å²) in [6.07, 6.45) is 2.75. The van der Waals surface area contributed by atoms with E-state index < -0.39 is 18.5 Å². The van der Waals surface area contributed by atoms with Crippen LogP contribution in [0.2, 0.25) is 0 Å². The summed E-state index contributed by atoms with van der Waals surface area (Å²) < 4.78 is 5.69. The van der Waals surface area contributed by atoms with Crippen molar-refractivity contribution in [3.8, 4) is 16.2 Å². The Morgan fingerprint density at radius 1 is 1.00 bits per heavy atom. The Kier molecular flexibility index (Phi) is 8.23. The minimum absolute atomic E-state index is 0.0247. The van der Waals surface area contributed by atoms with Crippen LogP contribution in [-0.4, -0.2) is 40.7 Å². The molecule has 1 heterocycles. The number of carboxylic acids is 2. The van der Waals surface area contributed by atoms with Gasteiger partial charge in [0.2, 0.25) is 0 Å². The molecular weight excluding hydrogens is 582 g/mol. The molecule has 2 aromatic carbocycles. The van der Waals surface area contributed by atoms with Crippen LogP contribution in [-0.2, 0) is 4.79 Å². The summed E-state index contributed by atoms with van der Waals surface area (Å²) in [7, 11) is 0. The average molecular weight is 615 g/mol. The Bertz CT molecular complexity index is 1380. The lowest BCUT2D eigenvalue weighted by atomic mass is 9.63. The number of carbonyl (C=O) groups excluding carboxylic acids is 1. The topological polar surface area (TPSA) is 104 Å². The van der Waals surface area contributed by atoms with Crippen LogP contribution in [0.1, 0.15) is 67.0 Å². The van der Waals surface area contributed by atoms with Gasteiger partial charge in [-0.2, -0.15) is 0 Å². The molecule has 1 amide bonds. The molecule has 0 bridgehead atoms. The van der Waals surface area contributed by atoms with Gasteiger partial charge in [0.1, 0.15) is 0 Å². The standard InChI is InChI=1S/C30H32BrNO6S/c1-29(2)14-21(15-30(3,4)17-29)32(27(35)18-9-6-5-7-10-18)20-12-8-11-19(13-20)25-23(31)24(38-16-22(33)34)26(39-25)28(36)37/h5-13,21H,14-17H2,1-4H3,(H,33,34)(H,36,37). The predicted octanol–water partition coefficient (Wildman–Crippen LogP) is 7.59. The summed E-state index contributed by atoms with van der Waals surface area (Å²) in [6, 6.07) is 16.7. The number of benzene rings is 2. The van der Waals surface area contributed by atoms with E-state index in [-0.39, 0.29) is 33.4 Å². The molecule has 206 valence electrons. The normalized spacial score (nSPS) is 16.4. The van der Waals surface area contributed by atoms with Crippen molar-refractivity contribution < 1.29 is 29.3 Å².